The molecule has 4 rings (SSSR count). The quantitative estimate of drug-likeness (QED) is 0.416. The summed E-state index contributed by atoms with van der Waals surface area (Å²) in [7, 11) is 1.57. The largest absolute Gasteiger partial charge is 0.368 e. The van der Waals surface area contributed by atoms with Crippen LogP contribution in [-0.2, 0) is 0 Å². The number of carbonyl (C=O) groups excluding carboxylic acids is 2. The van der Waals surface area contributed by atoms with Gasteiger partial charge in [-0.05, 0) is 67.3 Å². The highest BCUT2D eigenvalue weighted by Gasteiger charge is 2.17. The summed E-state index contributed by atoms with van der Waals surface area (Å²) >= 11 is 0. The second kappa shape index (κ2) is 9.48. The molecule has 0 saturated carbocycles. The molecule has 0 spiro atoms. The van der Waals surface area contributed by atoms with Gasteiger partial charge in [-0.1, -0.05) is 12.1 Å². The second-order valence-electron chi connectivity index (χ2n) is 7.58. The summed E-state index contributed by atoms with van der Waals surface area (Å²) in [6.45, 7) is 2.05. The molecule has 1 fully saturated rings. The van der Waals surface area contributed by atoms with E-state index in [1.807, 2.05) is 24.3 Å². The van der Waals surface area contributed by atoms with Crippen molar-refractivity contribution in [2.75, 3.05) is 36.5 Å². The van der Waals surface area contributed by atoms with Crippen LogP contribution in [0.2, 0.25) is 0 Å². The molecule has 1 saturated heterocycles. The zero-order valence-electron chi connectivity index (χ0n) is 17.8. The Labute approximate surface area is 185 Å². The van der Waals surface area contributed by atoms with Crippen LogP contribution in [0.5, 0.6) is 0 Å². The van der Waals surface area contributed by atoms with Crippen molar-refractivity contribution in [1.82, 2.24) is 25.4 Å². The molecular weight excluding hydrogens is 408 g/mol. The molecule has 0 radical (unpaired) electrons. The van der Waals surface area contributed by atoms with E-state index >= 15 is 0 Å². The summed E-state index contributed by atoms with van der Waals surface area (Å²) in [5, 5.41) is 15.9. The number of nitrogens with two attached hydrogens (primary N) is 1. The van der Waals surface area contributed by atoms with E-state index in [4.69, 9.17) is 5.73 Å². The third-order valence-electron chi connectivity index (χ3n) is 5.39. The van der Waals surface area contributed by atoms with Crippen LogP contribution >= 0.6 is 0 Å². The zero-order chi connectivity index (χ0) is 22.5. The van der Waals surface area contributed by atoms with Gasteiger partial charge in [0.2, 0.25) is 11.9 Å². The van der Waals surface area contributed by atoms with Crippen LogP contribution in [-0.4, -0.2) is 46.8 Å². The molecule has 1 unspecified atom stereocenters. The molecule has 1 aliphatic heterocycles. The van der Waals surface area contributed by atoms with Gasteiger partial charge in [0, 0.05) is 30.5 Å². The number of aromatic nitrogens is 3. The first-order valence-electron chi connectivity index (χ1n) is 10.5. The topological polar surface area (TPSA) is 139 Å². The highest BCUT2D eigenvalue weighted by Crippen LogP contribution is 2.24. The molecule has 1 atom stereocenters. The molecule has 32 heavy (non-hydrogen) atoms. The van der Waals surface area contributed by atoms with Crippen molar-refractivity contribution in [1.29, 1.82) is 0 Å². The lowest BCUT2D eigenvalue weighted by Crippen LogP contribution is -2.28. The standard InChI is InChI=1S/C22H26N8O2/c1-24-19(31)15-6-10-17(11-7-15)26-21-28-20(23)30(29-21)22(32)27-18-8-4-14(5-9-18)16-3-2-12-25-13-16/h4-11,16,25H,2-3,12-13H2,1H3,(H,24,31)(H,27,32)(H3,23,26,28,29). The first kappa shape index (κ1) is 21.3. The van der Waals surface area contributed by atoms with Crippen LogP contribution < -0.4 is 27.0 Å². The van der Waals surface area contributed by atoms with Gasteiger partial charge in [-0.15, -0.1) is 9.78 Å². The minimum Gasteiger partial charge on any atom is -0.368 e. The number of nitrogens with zero attached hydrogens (tertiary/aromatic N) is 3. The number of carbonyl (C=O) groups is 2. The van der Waals surface area contributed by atoms with E-state index in [0.717, 1.165) is 17.8 Å². The fourth-order valence-corrected chi connectivity index (χ4v) is 3.66. The number of benzene rings is 2. The van der Waals surface area contributed by atoms with E-state index in [1.54, 1.807) is 31.3 Å². The molecule has 1 aromatic heterocycles. The maximum atomic E-state index is 12.6. The van der Waals surface area contributed by atoms with Gasteiger partial charge in [0.15, 0.2) is 0 Å². The van der Waals surface area contributed by atoms with Gasteiger partial charge in [-0.2, -0.15) is 4.98 Å². The van der Waals surface area contributed by atoms with E-state index in [1.165, 1.54) is 18.4 Å². The molecule has 0 aliphatic carbocycles. The van der Waals surface area contributed by atoms with Gasteiger partial charge < -0.3 is 27.0 Å². The molecule has 6 N–H and O–H groups in total. The van der Waals surface area contributed by atoms with Crippen LogP contribution in [0.4, 0.5) is 28.1 Å². The number of piperidine rings is 1. The van der Waals surface area contributed by atoms with E-state index in [2.05, 4.69) is 31.3 Å². The lowest BCUT2D eigenvalue weighted by atomic mass is 9.92. The van der Waals surface area contributed by atoms with Crippen molar-refractivity contribution in [3.63, 3.8) is 0 Å². The summed E-state index contributed by atoms with van der Waals surface area (Å²) in [4.78, 5) is 28.3. The minimum atomic E-state index is -0.509. The lowest BCUT2D eigenvalue weighted by Gasteiger charge is -2.23. The number of rotatable bonds is 5. The van der Waals surface area contributed by atoms with E-state index < -0.39 is 6.03 Å². The minimum absolute atomic E-state index is 0.0446. The van der Waals surface area contributed by atoms with Crippen LogP contribution in [0, 0.1) is 0 Å². The van der Waals surface area contributed by atoms with Gasteiger partial charge in [0.25, 0.3) is 5.91 Å². The van der Waals surface area contributed by atoms with Gasteiger partial charge in [-0.25, -0.2) is 4.79 Å². The molecular formula is C22H26N8O2. The maximum absolute atomic E-state index is 12.6. The van der Waals surface area contributed by atoms with Crippen LogP contribution in [0.15, 0.2) is 48.5 Å². The monoisotopic (exact) mass is 434 g/mol. The normalized spacial score (nSPS) is 15.7. The Kier molecular flexibility index (Phi) is 6.31. The first-order chi connectivity index (χ1) is 15.5. The number of hydrogen-bond donors (Lipinski definition) is 5. The van der Waals surface area contributed by atoms with Gasteiger partial charge in [-0.3, -0.25) is 4.79 Å². The maximum Gasteiger partial charge on any atom is 0.349 e. The fraction of sp³-hybridized carbons (Fsp3) is 0.273. The lowest BCUT2D eigenvalue weighted by molar-refractivity contribution is 0.0963. The molecule has 2 aromatic carbocycles. The zero-order valence-corrected chi connectivity index (χ0v) is 17.8. The number of hydrogen-bond acceptors (Lipinski definition) is 7. The summed E-state index contributed by atoms with van der Waals surface area (Å²) in [6.07, 6.45) is 2.34. The van der Waals surface area contributed by atoms with Crippen LogP contribution in [0.3, 0.4) is 0 Å². The Morgan fingerprint density at radius 1 is 1.09 bits per heavy atom. The summed E-state index contributed by atoms with van der Waals surface area (Å²) in [5.41, 5.74) is 8.97. The van der Waals surface area contributed by atoms with Crippen molar-refractivity contribution in [3.8, 4) is 0 Å². The molecule has 10 nitrogen and oxygen atoms in total. The van der Waals surface area contributed by atoms with E-state index in [9.17, 15) is 9.59 Å². The molecule has 10 heteroatoms. The predicted molar refractivity (Wildman–Crippen MR) is 123 cm³/mol. The third-order valence-corrected chi connectivity index (χ3v) is 5.39. The van der Waals surface area contributed by atoms with Crippen molar-refractivity contribution in [3.05, 3.63) is 59.7 Å². The summed E-state index contributed by atoms with van der Waals surface area (Å²) in [5.74, 6) is 0.448. The Hall–Kier alpha value is -3.92. The molecule has 2 amide bonds. The van der Waals surface area contributed by atoms with Crippen LogP contribution in [0.1, 0.15) is 34.7 Å². The van der Waals surface area contributed by atoms with E-state index in [0.29, 0.717) is 22.9 Å². The van der Waals surface area contributed by atoms with Gasteiger partial charge >= 0.3 is 6.03 Å². The summed E-state index contributed by atoms with van der Waals surface area (Å²) in [6, 6.07) is 14.1. The highest BCUT2D eigenvalue weighted by atomic mass is 16.2. The van der Waals surface area contributed by atoms with Crippen molar-refractivity contribution >= 4 is 35.2 Å². The van der Waals surface area contributed by atoms with Gasteiger partial charge in [0.05, 0.1) is 0 Å². The number of nitrogens with one attached hydrogen (secondary N) is 4. The van der Waals surface area contributed by atoms with E-state index in [-0.39, 0.29) is 17.8 Å². The predicted octanol–water partition coefficient (Wildman–Crippen LogP) is 2.51. The first-order valence-corrected chi connectivity index (χ1v) is 10.5. The second-order valence-corrected chi connectivity index (χ2v) is 7.58. The number of anilines is 4. The Morgan fingerprint density at radius 3 is 2.47 bits per heavy atom. The molecule has 1 aliphatic rings. The Morgan fingerprint density at radius 2 is 1.81 bits per heavy atom. The van der Waals surface area contributed by atoms with Gasteiger partial charge in [0.1, 0.15) is 0 Å². The molecule has 166 valence electrons. The number of nitrogen functional groups attached to an aromatic ring is 1. The smallest absolute Gasteiger partial charge is 0.349 e. The molecule has 3 aromatic rings. The van der Waals surface area contributed by atoms with Crippen molar-refractivity contribution in [2.24, 2.45) is 0 Å². The third kappa shape index (κ3) is 4.86. The highest BCUT2D eigenvalue weighted by molar-refractivity contribution is 5.94. The summed E-state index contributed by atoms with van der Waals surface area (Å²) < 4.78 is 1.00. The average molecular weight is 435 g/mol. The number of amides is 2. The molecule has 2 heterocycles. The fourth-order valence-electron chi connectivity index (χ4n) is 3.66. The Balaban J connectivity index is 1.39. The van der Waals surface area contributed by atoms with Crippen LogP contribution in [0.25, 0.3) is 0 Å². The SMILES string of the molecule is CNC(=O)c1ccc(Nc2nc(N)n(C(=O)Nc3ccc(C4CCCNC4)cc3)n2)cc1. The van der Waals surface area contributed by atoms with Crippen molar-refractivity contribution < 1.29 is 9.59 Å². The molecule has 0 bridgehead atoms. The average Bonchev–Trinajstić information content (AvgIpc) is 3.20. The van der Waals surface area contributed by atoms with Crippen molar-refractivity contribution in [2.45, 2.75) is 18.8 Å². The Bertz CT molecular complexity index is 1090.